The van der Waals surface area contributed by atoms with Gasteiger partial charge >= 0.3 is 5.97 Å². The second-order valence-electron chi connectivity index (χ2n) is 6.30. The molecule has 28 heavy (non-hydrogen) atoms. The van der Waals surface area contributed by atoms with E-state index in [0.717, 1.165) is 29.3 Å². The molecule has 1 aliphatic rings. The van der Waals surface area contributed by atoms with Gasteiger partial charge in [-0.15, -0.1) is 0 Å². The number of rotatable bonds is 5. The summed E-state index contributed by atoms with van der Waals surface area (Å²) in [5, 5.41) is 0. The molecule has 1 atom stereocenters. The van der Waals surface area contributed by atoms with Crippen molar-refractivity contribution in [2.75, 3.05) is 6.61 Å². The van der Waals surface area contributed by atoms with Crippen molar-refractivity contribution in [1.82, 2.24) is 4.90 Å². The van der Waals surface area contributed by atoms with Crippen LogP contribution in [0, 0.1) is 11.6 Å². The fourth-order valence-electron chi connectivity index (χ4n) is 3.03. The number of esters is 1. The van der Waals surface area contributed by atoms with E-state index >= 15 is 0 Å². The van der Waals surface area contributed by atoms with Crippen molar-refractivity contribution in [3.63, 3.8) is 0 Å². The lowest BCUT2D eigenvalue weighted by molar-refractivity contribution is -0.144. The van der Waals surface area contributed by atoms with Crippen molar-refractivity contribution >= 4 is 23.7 Å². The van der Waals surface area contributed by atoms with Gasteiger partial charge in [-0.05, 0) is 35.4 Å². The number of carbonyl (C=O) groups is 3. The molecule has 0 radical (unpaired) electrons. The maximum atomic E-state index is 13.2. The summed E-state index contributed by atoms with van der Waals surface area (Å²) in [6.45, 7) is 0.789. The maximum absolute atomic E-state index is 13.2. The predicted molar refractivity (Wildman–Crippen MR) is 97.0 cm³/mol. The number of ketones is 1. The first-order chi connectivity index (χ1) is 13.4. The van der Waals surface area contributed by atoms with Gasteiger partial charge in [0.25, 0.3) is 0 Å². The summed E-state index contributed by atoms with van der Waals surface area (Å²) >= 11 is 0. The number of carbonyl (C=O) groups excluding carboxylic acids is 3. The van der Waals surface area contributed by atoms with Crippen LogP contribution in [0.1, 0.15) is 40.9 Å². The second-order valence-corrected chi connectivity index (χ2v) is 6.30. The number of benzene rings is 2. The number of nitrogens with zero attached hydrogens (tertiary/aromatic N) is 1. The molecule has 1 aliphatic heterocycles. The van der Waals surface area contributed by atoms with Gasteiger partial charge in [-0.1, -0.05) is 24.3 Å². The van der Waals surface area contributed by atoms with Crippen LogP contribution < -0.4 is 0 Å². The molecule has 2 aromatic carbocycles. The van der Waals surface area contributed by atoms with Crippen molar-refractivity contribution < 1.29 is 27.9 Å². The van der Waals surface area contributed by atoms with Crippen LogP contribution in [-0.4, -0.2) is 29.2 Å². The quantitative estimate of drug-likeness (QED) is 0.582. The van der Waals surface area contributed by atoms with Crippen LogP contribution >= 0.6 is 0 Å². The van der Waals surface area contributed by atoms with Gasteiger partial charge in [0.2, 0.25) is 5.91 Å². The summed E-state index contributed by atoms with van der Waals surface area (Å²) in [7, 11) is 0. The Hall–Kier alpha value is -3.35. The third-order valence-corrected chi connectivity index (χ3v) is 4.43. The summed E-state index contributed by atoms with van der Waals surface area (Å²) in [5.41, 5.74) is 1.59. The summed E-state index contributed by atoms with van der Waals surface area (Å²) in [6.07, 6.45) is 3.24. The molecule has 0 aliphatic carbocycles. The number of Topliss-reactive ketones (excluding diaryl/α,β-unsaturated/α-hetero) is 1. The van der Waals surface area contributed by atoms with Crippen LogP contribution in [-0.2, 0) is 14.3 Å². The molecule has 0 aromatic heterocycles. The molecular weight excluding hydrogens is 368 g/mol. The third kappa shape index (κ3) is 4.14. The Labute approximate surface area is 160 Å². The average Bonchev–Trinajstić information content (AvgIpc) is 2.68. The lowest BCUT2D eigenvalue weighted by Crippen LogP contribution is -2.32. The van der Waals surface area contributed by atoms with Crippen molar-refractivity contribution in [3.8, 4) is 0 Å². The highest BCUT2D eigenvalue weighted by molar-refractivity contribution is 5.98. The van der Waals surface area contributed by atoms with Gasteiger partial charge < -0.3 is 9.64 Å². The van der Waals surface area contributed by atoms with Crippen molar-refractivity contribution in [3.05, 3.63) is 77.0 Å². The molecule has 0 unspecified atom stereocenters. The zero-order valence-corrected chi connectivity index (χ0v) is 15.0. The standard InChI is InChI=1S/C21H17F2NO4/c1-13(25)24-9-8-14-4-2-3-5-16(14)19(24)11-21(27)28-12-20(26)15-6-7-17(22)18(23)10-15/h2-10,19H,11-12H2,1H3/t19-/m1/s1. The van der Waals surface area contributed by atoms with E-state index in [4.69, 9.17) is 4.74 Å². The normalized spacial score (nSPS) is 15.1. The molecule has 1 heterocycles. The van der Waals surface area contributed by atoms with E-state index in [1.807, 2.05) is 18.2 Å². The largest absolute Gasteiger partial charge is 0.457 e. The molecule has 0 spiro atoms. The molecule has 0 saturated carbocycles. The van der Waals surface area contributed by atoms with Crippen molar-refractivity contribution in [2.24, 2.45) is 0 Å². The summed E-state index contributed by atoms with van der Waals surface area (Å²) in [6, 6.07) is 9.50. The average molecular weight is 385 g/mol. The Bertz CT molecular complexity index is 971. The van der Waals surface area contributed by atoms with Crippen LogP contribution in [0.5, 0.6) is 0 Å². The molecule has 2 aromatic rings. The minimum Gasteiger partial charge on any atom is -0.457 e. The molecular formula is C21H17F2NO4. The fraction of sp³-hybridized carbons (Fsp3) is 0.190. The van der Waals surface area contributed by atoms with Gasteiger partial charge in [-0.3, -0.25) is 14.4 Å². The molecule has 7 heteroatoms. The smallest absolute Gasteiger partial charge is 0.308 e. The third-order valence-electron chi connectivity index (χ3n) is 4.43. The first-order valence-electron chi connectivity index (χ1n) is 8.56. The van der Waals surface area contributed by atoms with Gasteiger partial charge in [-0.25, -0.2) is 8.78 Å². The van der Waals surface area contributed by atoms with E-state index in [-0.39, 0.29) is 17.9 Å². The number of fused-ring (bicyclic) bond motifs is 1. The van der Waals surface area contributed by atoms with Crippen LogP contribution in [0.3, 0.4) is 0 Å². The molecule has 1 amide bonds. The maximum Gasteiger partial charge on any atom is 0.308 e. The minimum absolute atomic E-state index is 0.0944. The van der Waals surface area contributed by atoms with Gasteiger partial charge in [0, 0.05) is 18.7 Å². The van der Waals surface area contributed by atoms with Crippen LogP contribution in [0.15, 0.2) is 48.7 Å². The van der Waals surface area contributed by atoms with E-state index in [1.165, 1.54) is 11.8 Å². The van der Waals surface area contributed by atoms with Gasteiger partial charge in [0.05, 0.1) is 12.5 Å². The number of amides is 1. The molecule has 144 valence electrons. The van der Waals surface area contributed by atoms with Crippen LogP contribution in [0.4, 0.5) is 8.78 Å². The summed E-state index contributed by atoms with van der Waals surface area (Å²) in [4.78, 5) is 37.7. The Morgan fingerprint density at radius 2 is 1.82 bits per heavy atom. The molecule has 5 nitrogen and oxygen atoms in total. The van der Waals surface area contributed by atoms with Gasteiger partial charge in [-0.2, -0.15) is 0 Å². The van der Waals surface area contributed by atoms with E-state index in [9.17, 15) is 23.2 Å². The lowest BCUT2D eigenvalue weighted by Gasteiger charge is -2.32. The molecule has 0 bridgehead atoms. The number of hydrogen-bond donors (Lipinski definition) is 0. The Balaban J connectivity index is 1.67. The highest BCUT2D eigenvalue weighted by Crippen LogP contribution is 2.33. The molecule has 0 fully saturated rings. The zero-order valence-electron chi connectivity index (χ0n) is 15.0. The zero-order chi connectivity index (χ0) is 20.3. The highest BCUT2D eigenvalue weighted by atomic mass is 19.2. The van der Waals surface area contributed by atoms with Gasteiger partial charge in [0.1, 0.15) is 0 Å². The van der Waals surface area contributed by atoms with E-state index < -0.39 is 36.0 Å². The Morgan fingerprint density at radius 1 is 1.07 bits per heavy atom. The number of ether oxygens (including phenoxy) is 1. The second kappa shape index (κ2) is 8.12. The van der Waals surface area contributed by atoms with Crippen molar-refractivity contribution in [1.29, 1.82) is 0 Å². The van der Waals surface area contributed by atoms with Crippen LogP contribution in [0.25, 0.3) is 6.08 Å². The molecule has 0 saturated heterocycles. The SMILES string of the molecule is CC(=O)N1C=Cc2ccccc2[C@H]1CC(=O)OCC(=O)c1ccc(F)c(F)c1. The summed E-state index contributed by atoms with van der Waals surface area (Å²) in [5.74, 6) is -3.79. The predicted octanol–water partition coefficient (Wildman–Crippen LogP) is 3.65. The van der Waals surface area contributed by atoms with Crippen LogP contribution in [0.2, 0.25) is 0 Å². The van der Waals surface area contributed by atoms with Crippen molar-refractivity contribution in [2.45, 2.75) is 19.4 Å². The van der Waals surface area contributed by atoms with Gasteiger partial charge in [0.15, 0.2) is 24.0 Å². The van der Waals surface area contributed by atoms with E-state index in [0.29, 0.717) is 0 Å². The molecule has 3 rings (SSSR count). The first-order valence-corrected chi connectivity index (χ1v) is 8.56. The summed E-state index contributed by atoms with van der Waals surface area (Å²) < 4.78 is 31.2. The Kier molecular flexibility index (Phi) is 5.63. The first kappa shape index (κ1) is 19.4. The number of hydrogen-bond acceptors (Lipinski definition) is 4. The van der Waals surface area contributed by atoms with E-state index in [2.05, 4.69) is 0 Å². The lowest BCUT2D eigenvalue weighted by atomic mass is 9.94. The highest BCUT2D eigenvalue weighted by Gasteiger charge is 2.29. The number of halogens is 2. The molecule has 0 N–H and O–H groups in total. The minimum atomic E-state index is -1.15. The van der Waals surface area contributed by atoms with E-state index in [1.54, 1.807) is 18.3 Å². The topological polar surface area (TPSA) is 63.7 Å². The monoisotopic (exact) mass is 385 g/mol. The Morgan fingerprint density at radius 3 is 2.54 bits per heavy atom. The fourth-order valence-corrected chi connectivity index (χ4v) is 3.03.